The van der Waals surface area contributed by atoms with Crippen molar-refractivity contribution in [2.24, 2.45) is 0 Å². The van der Waals surface area contributed by atoms with Gasteiger partial charge in [-0.25, -0.2) is 9.97 Å². The van der Waals surface area contributed by atoms with Crippen LogP contribution in [-0.2, 0) is 21.7 Å². The van der Waals surface area contributed by atoms with Gasteiger partial charge in [0.25, 0.3) is 11.1 Å². The van der Waals surface area contributed by atoms with E-state index in [0.717, 1.165) is 105 Å². The molecule has 49 heavy (non-hydrogen) atoms. The van der Waals surface area contributed by atoms with Crippen molar-refractivity contribution >= 4 is 114 Å². The molecule has 8 rings (SSSR count). The molecule has 256 valence electrons. The van der Waals surface area contributed by atoms with Crippen LogP contribution in [0.25, 0.3) is 62.9 Å². The quantitative estimate of drug-likeness (QED) is 0.0626. The number of nitrogens with zero attached hydrogens (tertiary/aromatic N) is 4. The molecule has 8 nitrogen and oxygen atoms in total. The number of aryl methyl sites for hydroxylation is 2. The minimum Gasteiger partial charge on any atom is -0.418 e. The van der Waals surface area contributed by atoms with Crippen LogP contribution in [0.1, 0.15) is 48.3 Å². The number of pyridine rings is 2. The lowest BCUT2D eigenvalue weighted by atomic mass is 10.0. The van der Waals surface area contributed by atoms with E-state index in [0.29, 0.717) is 22.1 Å². The number of hydrogen-bond donors (Lipinski definition) is 0. The summed E-state index contributed by atoms with van der Waals surface area (Å²) in [5.74, 6) is 0. The first-order chi connectivity index (χ1) is 23.4. The van der Waals surface area contributed by atoms with Crippen LogP contribution in [0, 0.1) is 0 Å². The van der Waals surface area contributed by atoms with Crippen LogP contribution in [0.5, 0.6) is 0 Å². The first-order valence-electron chi connectivity index (χ1n) is 17.4. The van der Waals surface area contributed by atoms with Gasteiger partial charge in [-0.1, -0.05) is 12.8 Å². The smallest absolute Gasteiger partial charge is 0.264 e. The van der Waals surface area contributed by atoms with E-state index in [1.165, 1.54) is 9.75 Å². The summed E-state index contributed by atoms with van der Waals surface area (Å²) < 4.78 is 17.5. The molecule has 0 aliphatic rings. The molecule has 0 radical (unpaired) electrons. The van der Waals surface area contributed by atoms with Gasteiger partial charge in [-0.2, -0.15) is 0 Å². The van der Waals surface area contributed by atoms with Crippen LogP contribution in [-0.4, -0.2) is 48.6 Å². The van der Waals surface area contributed by atoms with Gasteiger partial charge in [0.15, 0.2) is 27.9 Å². The van der Waals surface area contributed by atoms with E-state index < -0.39 is 16.6 Å². The molecule has 0 saturated heterocycles. The van der Waals surface area contributed by atoms with Gasteiger partial charge >= 0.3 is 0 Å². The van der Waals surface area contributed by atoms with E-state index in [1.54, 1.807) is 42.8 Å². The lowest BCUT2D eigenvalue weighted by Crippen LogP contribution is -2.25. The van der Waals surface area contributed by atoms with E-state index >= 15 is 0 Å². The van der Waals surface area contributed by atoms with Crippen molar-refractivity contribution in [1.82, 2.24) is 18.8 Å². The average molecular weight is 747 g/mol. The highest BCUT2D eigenvalue weighted by atomic mass is 32.1. The zero-order chi connectivity index (χ0) is 34.2. The van der Waals surface area contributed by atoms with Crippen LogP contribution in [0.2, 0.25) is 39.3 Å². The van der Waals surface area contributed by atoms with Crippen molar-refractivity contribution in [1.29, 1.82) is 0 Å². The Labute approximate surface area is 298 Å². The lowest BCUT2D eigenvalue weighted by Gasteiger charge is -2.16. The van der Waals surface area contributed by atoms with Gasteiger partial charge in [-0.05, 0) is 102 Å². The zero-order valence-electron chi connectivity index (χ0n) is 29.0. The summed E-state index contributed by atoms with van der Waals surface area (Å²) in [5.41, 5.74) is 2.96. The molecule has 0 aliphatic carbocycles. The van der Waals surface area contributed by atoms with Crippen molar-refractivity contribution < 1.29 is 8.85 Å². The average Bonchev–Trinajstić information content (AvgIpc) is 3.82. The summed E-state index contributed by atoms with van der Waals surface area (Å²) in [6, 6.07) is 7.98. The molecule has 13 heteroatoms. The normalized spacial score (nSPS) is 13.4. The second-order valence-electron chi connectivity index (χ2n) is 15.2. The van der Waals surface area contributed by atoms with Crippen molar-refractivity contribution in [3.05, 3.63) is 54.7 Å². The fourth-order valence-electron chi connectivity index (χ4n) is 6.91. The van der Waals surface area contributed by atoms with Crippen LogP contribution in [0.15, 0.2) is 33.9 Å². The Bertz CT molecular complexity index is 2430. The maximum absolute atomic E-state index is 14.1. The molecular formula is C36H42N4O4S3Si2. The number of unbranched alkanes of at least 4 members (excludes halogenated alkanes) is 4. The second-order valence-corrected chi connectivity index (χ2v) is 27.4. The van der Waals surface area contributed by atoms with Crippen molar-refractivity contribution in [3.63, 3.8) is 0 Å². The highest BCUT2D eigenvalue weighted by Gasteiger charge is 2.26. The number of aromatic nitrogens is 4. The number of rotatable bonds is 14. The fourth-order valence-corrected chi connectivity index (χ4v) is 11.8. The molecule has 0 atom stereocenters. The van der Waals surface area contributed by atoms with Gasteiger partial charge in [0.2, 0.25) is 0 Å². The van der Waals surface area contributed by atoms with E-state index in [4.69, 9.17) is 18.8 Å². The molecule has 0 N–H and O–H groups in total. The van der Waals surface area contributed by atoms with Gasteiger partial charge in [0, 0.05) is 44.5 Å². The number of thiophene rings is 3. The molecule has 7 heterocycles. The molecular weight excluding hydrogens is 705 g/mol. The molecule has 0 unspecified atom stereocenters. The SMILES string of the molecule is C[Si](C)(C)OCCCCCc1cc2c(nc3c4sc5c6c(ccc(c(=O)n23)c46)c(=O)n2c3cc(CCCCCO[Si](C)(C)C)sc3nc52)s1. The molecule has 0 saturated carbocycles. The second kappa shape index (κ2) is 12.5. The minimum absolute atomic E-state index is 0.0761. The van der Waals surface area contributed by atoms with Gasteiger partial charge < -0.3 is 8.85 Å². The third-order valence-electron chi connectivity index (χ3n) is 9.15. The van der Waals surface area contributed by atoms with Crippen molar-refractivity contribution in [2.45, 2.75) is 90.6 Å². The first-order valence-corrected chi connectivity index (χ1v) is 26.6. The number of benzene rings is 1. The van der Waals surface area contributed by atoms with Crippen molar-refractivity contribution in [3.8, 4) is 0 Å². The predicted molar refractivity (Wildman–Crippen MR) is 214 cm³/mol. The molecule has 0 bridgehead atoms. The topological polar surface area (TPSA) is 87.2 Å². The van der Waals surface area contributed by atoms with Crippen molar-refractivity contribution in [2.75, 3.05) is 13.2 Å². The van der Waals surface area contributed by atoms with Crippen LogP contribution in [0.3, 0.4) is 0 Å². The molecule has 0 aliphatic heterocycles. The number of hydrogen-bond acceptors (Lipinski definition) is 9. The standard InChI is InChI=1S/C36H42N4O4S3Si2/c1-48(2,3)43-17-11-7-9-13-21-19-25-33(45-21)37-31-29-27-23(35(41)39(25)31)15-16-24-28(27)30(47-29)32-38-34-26(40(32)36(24)42)20-22(46-34)14-10-8-12-18-44-49(4,5)6/h15-16,19-20H,7-14,17-18H2,1-6H3. The van der Waals surface area contributed by atoms with Crippen LogP contribution in [0.4, 0.5) is 0 Å². The Morgan fingerprint density at radius 1 is 0.612 bits per heavy atom. The van der Waals surface area contributed by atoms with E-state index in [9.17, 15) is 9.59 Å². The summed E-state index contributed by atoms with van der Waals surface area (Å²) in [4.78, 5) is 42.6. The Morgan fingerprint density at radius 2 is 1.04 bits per heavy atom. The third kappa shape index (κ3) is 6.04. The maximum Gasteiger partial charge on any atom is 0.264 e. The molecule has 1 aromatic carbocycles. The number of imidazole rings is 2. The van der Waals surface area contributed by atoms with Gasteiger partial charge in [-0.15, -0.1) is 34.0 Å². The molecule has 7 aromatic heterocycles. The minimum atomic E-state index is -1.46. The Morgan fingerprint density at radius 3 is 1.45 bits per heavy atom. The molecule has 0 fully saturated rings. The third-order valence-corrected chi connectivity index (χ3v) is 14.6. The number of fused-ring (bicyclic) bond motifs is 8. The lowest BCUT2D eigenvalue weighted by molar-refractivity contribution is 0.299. The Balaban J connectivity index is 1.11. The molecule has 8 aromatic rings. The maximum atomic E-state index is 14.1. The predicted octanol–water partition coefficient (Wildman–Crippen LogP) is 9.66. The Hall–Kier alpha value is -2.79. The summed E-state index contributed by atoms with van der Waals surface area (Å²) in [6.07, 6.45) is 8.53. The van der Waals surface area contributed by atoms with Crippen LogP contribution >= 0.6 is 34.0 Å². The highest BCUT2D eigenvalue weighted by Crippen LogP contribution is 2.44. The van der Waals surface area contributed by atoms with E-state index in [1.807, 2.05) is 12.1 Å². The fraction of sp³-hybridized carbons (Fsp3) is 0.444. The van der Waals surface area contributed by atoms with Gasteiger partial charge in [-0.3, -0.25) is 18.4 Å². The Kier molecular flexibility index (Phi) is 8.49. The molecule has 0 amide bonds. The van der Waals surface area contributed by atoms with E-state index in [-0.39, 0.29) is 11.1 Å². The van der Waals surface area contributed by atoms with Gasteiger partial charge in [0.05, 0.1) is 20.4 Å². The largest absolute Gasteiger partial charge is 0.418 e. The zero-order valence-corrected chi connectivity index (χ0v) is 33.5. The first kappa shape index (κ1) is 33.4. The summed E-state index contributed by atoms with van der Waals surface area (Å²) in [5, 5.41) is 2.95. The van der Waals surface area contributed by atoms with E-state index in [2.05, 4.69) is 51.4 Å². The monoisotopic (exact) mass is 746 g/mol. The van der Waals surface area contributed by atoms with Crippen LogP contribution < -0.4 is 11.1 Å². The molecule has 0 spiro atoms. The summed E-state index contributed by atoms with van der Waals surface area (Å²) in [7, 11) is -2.92. The summed E-state index contributed by atoms with van der Waals surface area (Å²) in [6.45, 7) is 15.0. The summed E-state index contributed by atoms with van der Waals surface area (Å²) >= 11 is 4.97. The highest BCUT2D eigenvalue weighted by molar-refractivity contribution is 7.27. The van der Waals surface area contributed by atoms with Gasteiger partial charge in [0.1, 0.15) is 9.66 Å².